The highest BCUT2D eigenvalue weighted by Gasteiger charge is 2.10. The van der Waals surface area contributed by atoms with Crippen molar-refractivity contribution in [2.45, 2.75) is 10.8 Å². The summed E-state index contributed by atoms with van der Waals surface area (Å²) in [5.41, 5.74) is 1.98. The van der Waals surface area contributed by atoms with Crippen LogP contribution in [0.2, 0.25) is 0 Å². The predicted molar refractivity (Wildman–Crippen MR) is 119 cm³/mol. The van der Waals surface area contributed by atoms with E-state index in [-0.39, 0.29) is 5.91 Å². The Morgan fingerprint density at radius 3 is 2.50 bits per heavy atom. The highest BCUT2D eigenvalue weighted by molar-refractivity contribution is 8.01. The van der Waals surface area contributed by atoms with Gasteiger partial charge in [0.1, 0.15) is 5.75 Å². The van der Waals surface area contributed by atoms with Gasteiger partial charge in [-0.3, -0.25) is 4.79 Å². The number of methoxy groups -OCH3 is 3. The normalized spacial score (nSPS) is 10.5. The fourth-order valence-electron chi connectivity index (χ4n) is 2.69. The summed E-state index contributed by atoms with van der Waals surface area (Å²) in [5.74, 6) is 3.06. The standard InChI is InChI=1S/C21H23N3O4S2/c1-26-16-7-5-15(6-8-16)20-23-21(30-24-20)29-13-19(25)22-11-10-14-4-9-17(27-2)18(12-14)28-3/h4-9,12H,10-11,13H2,1-3H3,(H,22,25). The van der Waals surface area contributed by atoms with Gasteiger partial charge >= 0.3 is 0 Å². The van der Waals surface area contributed by atoms with E-state index in [2.05, 4.69) is 14.7 Å². The maximum Gasteiger partial charge on any atom is 0.230 e. The molecular formula is C21H23N3O4S2. The predicted octanol–water partition coefficient (Wildman–Crippen LogP) is 3.68. The third-order valence-corrected chi connectivity index (χ3v) is 6.10. The van der Waals surface area contributed by atoms with Crippen LogP contribution in [-0.2, 0) is 11.2 Å². The maximum atomic E-state index is 12.1. The first-order valence-corrected chi connectivity index (χ1v) is 11.0. The van der Waals surface area contributed by atoms with E-state index in [1.54, 1.807) is 21.3 Å². The van der Waals surface area contributed by atoms with Gasteiger partial charge in [0.15, 0.2) is 21.7 Å². The molecule has 0 aliphatic heterocycles. The lowest BCUT2D eigenvalue weighted by molar-refractivity contribution is -0.118. The minimum absolute atomic E-state index is 0.0401. The second kappa shape index (κ2) is 10.8. The van der Waals surface area contributed by atoms with Crippen LogP contribution in [-0.4, -0.2) is 48.9 Å². The molecule has 0 aliphatic rings. The Balaban J connectivity index is 1.44. The molecule has 7 nitrogen and oxygen atoms in total. The van der Waals surface area contributed by atoms with Crippen molar-refractivity contribution < 1.29 is 19.0 Å². The van der Waals surface area contributed by atoms with Gasteiger partial charge < -0.3 is 19.5 Å². The number of thioether (sulfide) groups is 1. The number of carbonyl (C=O) groups is 1. The molecule has 158 valence electrons. The molecule has 1 aromatic heterocycles. The molecule has 0 atom stereocenters. The second-order valence-corrected chi connectivity index (χ2v) is 8.16. The number of nitrogens with zero attached hydrogens (tertiary/aromatic N) is 2. The zero-order valence-corrected chi connectivity index (χ0v) is 18.6. The van der Waals surface area contributed by atoms with E-state index in [0.717, 1.165) is 21.2 Å². The summed E-state index contributed by atoms with van der Waals surface area (Å²) in [7, 11) is 4.84. The zero-order valence-electron chi connectivity index (χ0n) is 17.0. The number of amides is 1. The lowest BCUT2D eigenvalue weighted by Gasteiger charge is -2.10. The van der Waals surface area contributed by atoms with Crippen LogP contribution < -0.4 is 19.5 Å². The van der Waals surface area contributed by atoms with Gasteiger partial charge in [0.2, 0.25) is 5.91 Å². The van der Waals surface area contributed by atoms with Gasteiger partial charge in [0.25, 0.3) is 0 Å². The number of nitrogens with one attached hydrogen (secondary N) is 1. The van der Waals surface area contributed by atoms with E-state index in [1.165, 1.54) is 23.3 Å². The molecule has 0 saturated carbocycles. The summed E-state index contributed by atoms with van der Waals surface area (Å²) in [5, 5.41) is 2.93. The lowest BCUT2D eigenvalue weighted by Crippen LogP contribution is -2.27. The molecule has 0 unspecified atom stereocenters. The molecule has 0 saturated heterocycles. The van der Waals surface area contributed by atoms with E-state index < -0.39 is 0 Å². The van der Waals surface area contributed by atoms with Crippen molar-refractivity contribution in [1.82, 2.24) is 14.7 Å². The Morgan fingerprint density at radius 1 is 1.03 bits per heavy atom. The Labute approximate surface area is 183 Å². The summed E-state index contributed by atoms with van der Waals surface area (Å²) < 4.78 is 20.8. The third kappa shape index (κ3) is 5.87. The number of ether oxygens (including phenoxy) is 3. The van der Waals surface area contributed by atoms with E-state index in [0.29, 0.717) is 36.0 Å². The molecule has 0 bridgehead atoms. The molecule has 3 aromatic rings. The van der Waals surface area contributed by atoms with Gasteiger partial charge in [0, 0.05) is 12.1 Å². The van der Waals surface area contributed by atoms with Gasteiger partial charge in [0.05, 0.1) is 27.1 Å². The third-order valence-electron chi connectivity index (χ3n) is 4.27. The van der Waals surface area contributed by atoms with E-state index in [4.69, 9.17) is 14.2 Å². The molecule has 1 N–H and O–H groups in total. The van der Waals surface area contributed by atoms with Crippen molar-refractivity contribution in [2.24, 2.45) is 0 Å². The quantitative estimate of drug-likeness (QED) is 0.477. The van der Waals surface area contributed by atoms with E-state index >= 15 is 0 Å². The summed E-state index contributed by atoms with van der Waals surface area (Å²) in [6.45, 7) is 0.544. The number of aromatic nitrogens is 2. The minimum atomic E-state index is -0.0401. The molecule has 0 spiro atoms. The smallest absolute Gasteiger partial charge is 0.230 e. The summed E-state index contributed by atoms with van der Waals surface area (Å²) in [6.07, 6.45) is 0.706. The minimum Gasteiger partial charge on any atom is -0.497 e. The molecule has 1 amide bonds. The first-order valence-electron chi connectivity index (χ1n) is 9.21. The molecule has 0 radical (unpaired) electrons. The van der Waals surface area contributed by atoms with Crippen LogP contribution in [0.1, 0.15) is 5.56 Å². The van der Waals surface area contributed by atoms with Crippen molar-refractivity contribution in [3.05, 3.63) is 48.0 Å². The molecule has 30 heavy (non-hydrogen) atoms. The summed E-state index contributed by atoms with van der Waals surface area (Å²) >= 11 is 2.67. The highest BCUT2D eigenvalue weighted by atomic mass is 32.2. The van der Waals surface area contributed by atoms with Crippen LogP contribution in [0.5, 0.6) is 17.2 Å². The number of hydrogen-bond donors (Lipinski definition) is 1. The number of carbonyl (C=O) groups excluding carboxylic acids is 1. The van der Waals surface area contributed by atoms with Gasteiger partial charge in [-0.2, -0.15) is 4.37 Å². The fraction of sp³-hybridized carbons (Fsp3) is 0.286. The van der Waals surface area contributed by atoms with Crippen LogP contribution >= 0.6 is 23.3 Å². The second-order valence-electron chi connectivity index (χ2n) is 6.19. The van der Waals surface area contributed by atoms with Crippen molar-refractivity contribution in [3.63, 3.8) is 0 Å². The molecule has 9 heteroatoms. The van der Waals surface area contributed by atoms with Crippen molar-refractivity contribution in [2.75, 3.05) is 33.6 Å². The van der Waals surface area contributed by atoms with E-state index in [9.17, 15) is 4.79 Å². The van der Waals surface area contributed by atoms with Crippen molar-refractivity contribution in [3.8, 4) is 28.6 Å². The average Bonchev–Trinajstić information content (AvgIpc) is 3.26. The Hall–Kier alpha value is -2.78. The number of hydrogen-bond acceptors (Lipinski definition) is 8. The molecule has 0 aliphatic carbocycles. The van der Waals surface area contributed by atoms with Crippen LogP contribution in [0.3, 0.4) is 0 Å². The van der Waals surface area contributed by atoms with Crippen LogP contribution in [0.4, 0.5) is 0 Å². The maximum absolute atomic E-state index is 12.1. The Morgan fingerprint density at radius 2 is 1.80 bits per heavy atom. The molecular weight excluding hydrogens is 422 g/mol. The van der Waals surface area contributed by atoms with Gasteiger partial charge in [-0.25, -0.2) is 4.98 Å². The van der Waals surface area contributed by atoms with Gasteiger partial charge in [-0.15, -0.1) is 0 Å². The fourth-order valence-corrected chi connectivity index (χ4v) is 4.13. The largest absolute Gasteiger partial charge is 0.497 e. The molecule has 3 rings (SSSR count). The number of benzene rings is 2. The van der Waals surface area contributed by atoms with Crippen molar-refractivity contribution in [1.29, 1.82) is 0 Å². The van der Waals surface area contributed by atoms with Crippen LogP contribution in [0.25, 0.3) is 11.4 Å². The molecule has 0 fully saturated rings. The molecule has 2 aromatic carbocycles. The van der Waals surface area contributed by atoms with Crippen molar-refractivity contribution >= 4 is 29.2 Å². The Bertz CT molecular complexity index is 977. The first kappa shape index (κ1) is 21.9. The van der Waals surface area contributed by atoms with Crippen LogP contribution in [0.15, 0.2) is 46.8 Å². The average molecular weight is 446 g/mol. The SMILES string of the molecule is COc1ccc(-c2nsc(SCC(=O)NCCc3ccc(OC)c(OC)c3)n2)cc1. The zero-order chi connectivity index (χ0) is 21.3. The van der Waals surface area contributed by atoms with Gasteiger partial charge in [-0.1, -0.05) is 17.8 Å². The Kier molecular flexibility index (Phi) is 7.92. The highest BCUT2D eigenvalue weighted by Crippen LogP contribution is 2.28. The first-order chi connectivity index (χ1) is 14.6. The molecule has 1 heterocycles. The van der Waals surface area contributed by atoms with Gasteiger partial charge in [-0.05, 0) is 59.9 Å². The van der Waals surface area contributed by atoms with Crippen LogP contribution in [0, 0.1) is 0 Å². The van der Waals surface area contributed by atoms with E-state index in [1.807, 2.05) is 42.5 Å². The summed E-state index contributed by atoms with van der Waals surface area (Å²) in [6, 6.07) is 13.3. The monoisotopic (exact) mass is 445 g/mol. The lowest BCUT2D eigenvalue weighted by atomic mass is 10.1. The summed E-state index contributed by atoms with van der Waals surface area (Å²) in [4.78, 5) is 16.6. The number of rotatable bonds is 10. The topological polar surface area (TPSA) is 82.6 Å².